The van der Waals surface area contributed by atoms with E-state index in [0.717, 1.165) is 35.7 Å². The summed E-state index contributed by atoms with van der Waals surface area (Å²) in [4.78, 5) is 32.1. The Labute approximate surface area is 228 Å². The van der Waals surface area contributed by atoms with Gasteiger partial charge in [0.05, 0.1) is 18.5 Å². The zero-order valence-corrected chi connectivity index (χ0v) is 21.6. The summed E-state index contributed by atoms with van der Waals surface area (Å²) < 4.78 is 46.0. The molecule has 4 aromatic rings. The van der Waals surface area contributed by atoms with Gasteiger partial charge in [0.15, 0.2) is 11.5 Å². The molecular weight excluding hydrogens is 523 g/mol. The van der Waals surface area contributed by atoms with E-state index in [1.54, 1.807) is 41.6 Å². The molecule has 12 heteroatoms. The Bertz CT molecular complexity index is 1550. The van der Waals surface area contributed by atoms with E-state index in [4.69, 9.17) is 9.72 Å². The number of rotatable bonds is 6. The topological polar surface area (TPSA) is 98.1 Å². The van der Waals surface area contributed by atoms with Gasteiger partial charge in [0.2, 0.25) is 5.91 Å². The molecule has 40 heavy (non-hydrogen) atoms. The van der Waals surface area contributed by atoms with Crippen LogP contribution in [0.4, 0.5) is 24.8 Å². The first-order valence-electron chi connectivity index (χ1n) is 12.9. The van der Waals surface area contributed by atoms with Crippen molar-refractivity contribution in [1.29, 1.82) is 0 Å². The van der Waals surface area contributed by atoms with Gasteiger partial charge in [-0.05, 0) is 30.5 Å². The minimum Gasteiger partial charge on any atom is -0.381 e. The molecule has 0 atom stereocenters. The van der Waals surface area contributed by atoms with E-state index >= 15 is 0 Å². The summed E-state index contributed by atoms with van der Waals surface area (Å²) in [5, 5.41) is 3.49. The molecule has 0 bridgehead atoms. The number of ether oxygens (including phenoxy) is 1. The number of nitrogens with one attached hydrogen (secondary N) is 1. The zero-order valence-electron chi connectivity index (χ0n) is 21.6. The molecule has 1 saturated heterocycles. The van der Waals surface area contributed by atoms with Gasteiger partial charge in [-0.15, -0.1) is 0 Å². The van der Waals surface area contributed by atoms with Crippen LogP contribution in [-0.4, -0.2) is 49.7 Å². The van der Waals surface area contributed by atoms with E-state index in [0.29, 0.717) is 36.2 Å². The van der Waals surface area contributed by atoms with Crippen molar-refractivity contribution in [3.05, 3.63) is 71.8 Å². The van der Waals surface area contributed by atoms with Crippen LogP contribution in [0.1, 0.15) is 29.7 Å². The number of pyridine rings is 1. The molecule has 0 saturated carbocycles. The first kappa shape index (κ1) is 25.9. The summed E-state index contributed by atoms with van der Waals surface area (Å²) in [6.45, 7) is 1.66. The average Bonchev–Trinajstić information content (AvgIpc) is 3.49. The maximum Gasteiger partial charge on any atom is 0.434 e. The molecule has 1 fully saturated rings. The van der Waals surface area contributed by atoms with Gasteiger partial charge in [0.1, 0.15) is 17.5 Å². The molecule has 2 aliphatic heterocycles. The van der Waals surface area contributed by atoms with Gasteiger partial charge in [-0.25, -0.2) is 19.9 Å². The third kappa shape index (κ3) is 5.14. The molecule has 3 aromatic heterocycles. The smallest absolute Gasteiger partial charge is 0.381 e. The third-order valence-electron chi connectivity index (χ3n) is 7.07. The molecule has 0 unspecified atom stereocenters. The fraction of sp³-hybridized carbons (Fsp3) is 0.321. The molecule has 5 heterocycles. The highest BCUT2D eigenvalue weighted by atomic mass is 19.4. The monoisotopic (exact) mass is 549 g/mol. The fourth-order valence-electron chi connectivity index (χ4n) is 4.97. The third-order valence-corrected chi connectivity index (χ3v) is 7.07. The van der Waals surface area contributed by atoms with Crippen LogP contribution in [0.5, 0.6) is 0 Å². The number of hydrogen-bond donors (Lipinski definition) is 1. The number of carbonyl (C=O) groups is 1. The predicted molar refractivity (Wildman–Crippen MR) is 141 cm³/mol. The minimum absolute atomic E-state index is 0.101. The van der Waals surface area contributed by atoms with Crippen molar-refractivity contribution in [1.82, 2.24) is 24.5 Å². The SMILES string of the molecule is Cn1cc(C(F)(F)F)nc1-c1ccc(CN2C(=O)Cc3cnc(-c4cccnc4NC4CCOCC4)nc32)cc1. The number of alkyl halides is 3. The predicted octanol–water partition coefficient (Wildman–Crippen LogP) is 4.64. The maximum atomic E-state index is 13.1. The zero-order chi connectivity index (χ0) is 27.9. The van der Waals surface area contributed by atoms with Crippen molar-refractivity contribution in [3.63, 3.8) is 0 Å². The summed E-state index contributed by atoms with van der Waals surface area (Å²) in [7, 11) is 1.52. The van der Waals surface area contributed by atoms with Crippen LogP contribution in [-0.2, 0) is 35.7 Å². The number of nitrogens with zero attached hydrogens (tertiary/aromatic N) is 6. The molecule has 206 valence electrons. The molecule has 6 rings (SSSR count). The van der Waals surface area contributed by atoms with Crippen molar-refractivity contribution in [3.8, 4) is 22.8 Å². The van der Waals surface area contributed by atoms with Crippen LogP contribution in [0.15, 0.2) is 55.0 Å². The van der Waals surface area contributed by atoms with Gasteiger partial charge in [-0.3, -0.25) is 9.69 Å². The largest absolute Gasteiger partial charge is 0.434 e. The van der Waals surface area contributed by atoms with Crippen molar-refractivity contribution in [2.24, 2.45) is 7.05 Å². The van der Waals surface area contributed by atoms with Gasteiger partial charge < -0.3 is 14.6 Å². The normalized spacial score (nSPS) is 15.9. The van der Waals surface area contributed by atoms with Crippen LogP contribution in [0, 0.1) is 0 Å². The Morgan fingerprint density at radius 3 is 2.58 bits per heavy atom. The van der Waals surface area contributed by atoms with E-state index in [2.05, 4.69) is 20.3 Å². The molecule has 1 aromatic carbocycles. The number of halogens is 3. The first-order chi connectivity index (χ1) is 19.3. The second-order valence-corrected chi connectivity index (χ2v) is 9.89. The Morgan fingerprint density at radius 1 is 1.07 bits per heavy atom. The number of imidazole rings is 1. The lowest BCUT2D eigenvalue weighted by atomic mass is 10.1. The Hall–Kier alpha value is -4.32. The molecule has 9 nitrogen and oxygen atoms in total. The standard InChI is InChI=1S/C28H26F3N7O2/c1-37-16-22(28(29,30)31)35-26(37)18-6-4-17(5-7-18)15-38-23(39)13-19-14-33-25(36-27(19)38)21-3-2-10-32-24(21)34-20-8-11-40-12-9-20/h2-7,10,14,16,20H,8-9,11-13,15H2,1H3,(H,32,34). The average molecular weight is 550 g/mol. The number of anilines is 2. The van der Waals surface area contributed by atoms with E-state index in [-0.39, 0.29) is 30.7 Å². The van der Waals surface area contributed by atoms with Gasteiger partial charge in [0.25, 0.3) is 0 Å². The van der Waals surface area contributed by atoms with Crippen LogP contribution in [0.2, 0.25) is 0 Å². The number of benzene rings is 1. The minimum atomic E-state index is -4.52. The maximum absolute atomic E-state index is 13.1. The lowest BCUT2D eigenvalue weighted by Gasteiger charge is -2.24. The summed E-state index contributed by atoms with van der Waals surface area (Å²) in [5.74, 6) is 1.80. The van der Waals surface area contributed by atoms with Gasteiger partial charge >= 0.3 is 6.18 Å². The van der Waals surface area contributed by atoms with E-state index < -0.39 is 11.9 Å². The van der Waals surface area contributed by atoms with Crippen LogP contribution in [0.3, 0.4) is 0 Å². The van der Waals surface area contributed by atoms with Crippen LogP contribution < -0.4 is 10.2 Å². The number of carbonyl (C=O) groups excluding carboxylic acids is 1. The number of aromatic nitrogens is 5. The summed E-state index contributed by atoms with van der Waals surface area (Å²) in [6.07, 6.45) is 1.81. The number of fused-ring (bicyclic) bond motifs is 1. The highest BCUT2D eigenvalue weighted by Crippen LogP contribution is 2.33. The Balaban J connectivity index is 1.24. The van der Waals surface area contributed by atoms with E-state index in [1.165, 1.54) is 11.6 Å². The molecule has 1 amide bonds. The van der Waals surface area contributed by atoms with Gasteiger partial charge in [0, 0.05) is 56.0 Å². The van der Waals surface area contributed by atoms with Crippen molar-refractivity contribution >= 4 is 17.5 Å². The molecule has 0 aliphatic carbocycles. The van der Waals surface area contributed by atoms with Crippen LogP contribution >= 0.6 is 0 Å². The van der Waals surface area contributed by atoms with Crippen LogP contribution in [0.25, 0.3) is 22.8 Å². The highest BCUT2D eigenvalue weighted by molar-refractivity contribution is 6.00. The highest BCUT2D eigenvalue weighted by Gasteiger charge is 2.35. The van der Waals surface area contributed by atoms with Gasteiger partial charge in [-0.1, -0.05) is 24.3 Å². The van der Waals surface area contributed by atoms with Crippen molar-refractivity contribution in [2.75, 3.05) is 23.4 Å². The molecule has 1 N–H and O–H groups in total. The number of hydrogen-bond acceptors (Lipinski definition) is 7. The first-order valence-corrected chi connectivity index (χ1v) is 12.9. The quantitative estimate of drug-likeness (QED) is 0.374. The molecular formula is C28H26F3N7O2. The molecule has 2 aliphatic rings. The van der Waals surface area contributed by atoms with Crippen molar-refractivity contribution in [2.45, 2.75) is 38.0 Å². The Kier molecular flexibility index (Phi) is 6.70. The Morgan fingerprint density at radius 2 is 1.85 bits per heavy atom. The summed E-state index contributed by atoms with van der Waals surface area (Å²) >= 11 is 0. The lowest BCUT2D eigenvalue weighted by molar-refractivity contribution is -0.140. The van der Waals surface area contributed by atoms with E-state index in [1.807, 2.05) is 12.1 Å². The molecule has 0 spiro atoms. The summed E-state index contributed by atoms with van der Waals surface area (Å²) in [6, 6.07) is 10.9. The van der Waals surface area contributed by atoms with Crippen molar-refractivity contribution < 1.29 is 22.7 Å². The lowest BCUT2D eigenvalue weighted by Crippen LogP contribution is -2.28. The summed E-state index contributed by atoms with van der Waals surface area (Å²) in [5.41, 5.74) is 1.89. The van der Waals surface area contributed by atoms with Gasteiger partial charge in [-0.2, -0.15) is 13.2 Å². The number of aryl methyl sites for hydroxylation is 1. The fourth-order valence-corrected chi connectivity index (χ4v) is 4.97. The second-order valence-electron chi connectivity index (χ2n) is 9.89. The number of amides is 1. The second kappa shape index (κ2) is 10.3. The van der Waals surface area contributed by atoms with E-state index in [9.17, 15) is 18.0 Å². The molecule has 0 radical (unpaired) electrons.